The van der Waals surface area contributed by atoms with Gasteiger partial charge < -0.3 is 14.8 Å². The van der Waals surface area contributed by atoms with Crippen molar-refractivity contribution in [3.8, 4) is 0 Å². The van der Waals surface area contributed by atoms with Gasteiger partial charge >= 0.3 is 5.97 Å². The van der Waals surface area contributed by atoms with Crippen LogP contribution in [0.15, 0.2) is 23.1 Å². The fourth-order valence-corrected chi connectivity index (χ4v) is 5.22. The zero-order valence-corrected chi connectivity index (χ0v) is 22.0. The number of amides is 2. The summed E-state index contributed by atoms with van der Waals surface area (Å²) in [6.07, 6.45) is 5.74. The van der Waals surface area contributed by atoms with E-state index in [1.807, 2.05) is 13.8 Å². The summed E-state index contributed by atoms with van der Waals surface area (Å²) < 4.78 is 11.9. The summed E-state index contributed by atoms with van der Waals surface area (Å²) in [6, 6.07) is 0. The Balaban J connectivity index is 1.73. The maximum absolute atomic E-state index is 13.0. The van der Waals surface area contributed by atoms with Gasteiger partial charge in [-0.25, -0.2) is 9.79 Å². The molecular weight excluding hydrogens is 490 g/mol. The number of hydrogen-bond donors (Lipinski definition) is 1. The van der Waals surface area contributed by atoms with E-state index in [9.17, 15) is 14.4 Å². The number of aliphatic imine (C=N–C) groups is 1. The van der Waals surface area contributed by atoms with Gasteiger partial charge in [0.2, 0.25) is 5.91 Å². The van der Waals surface area contributed by atoms with Gasteiger partial charge in [0.1, 0.15) is 10.7 Å². The summed E-state index contributed by atoms with van der Waals surface area (Å²) in [4.78, 5) is 45.1. The fourth-order valence-electron chi connectivity index (χ4n) is 3.33. The molecule has 0 radical (unpaired) electrons. The first-order valence-corrected chi connectivity index (χ1v) is 12.8. The van der Waals surface area contributed by atoms with Gasteiger partial charge in [-0.05, 0) is 38.8 Å². The molecule has 0 spiro atoms. The minimum atomic E-state index is -0.461. The summed E-state index contributed by atoms with van der Waals surface area (Å²) in [5.41, 5.74) is 2.21. The molecule has 2 aromatic heterocycles. The van der Waals surface area contributed by atoms with Crippen molar-refractivity contribution in [3.05, 3.63) is 39.7 Å². The van der Waals surface area contributed by atoms with Gasteiger partial charge in [-0.3, -0.25) is 19.2 Å². The monoisotopic (exact) mass is 519 g/mol. The average molecular weight is 520 g/mol. The van der Waals surface area contributed by atoms with Crippen molar-refractivity contribution in [1.82, 2.24) is 14.7 Å². The van der Waals surface area contributed by atoms with Crippen molar-refractivity contribution in [3.63, 3.8) is 0 Å². The highest BCUT2D eigenvalue weighted by atomic mass is 32.2. The van der Waals surface area contributed by atoms with Crippen LogP contribution in [0.4, 0.5) is 5.00 Å². The number of aromatic nitrogens is 2. The zero-order chi connectivity index (χ0) is 25.5. The Morgan fingerprint density at radius 2 is 2.09 bits per heavy atom. The standard InChI is InChI=1S/C23H29N5O5S2/c1-6-33-22(31)19-14(2)15(3)35-20(19)26-18(29)13-34-23-25-17(10-16-11-24-27(4)12-16)21(30)28(23)8-7-9-32-5/h10-12H,6-9,13H2,1-5H3,(H,26,29). The number of rotatable bonds is 10. The number of aryl methyl sites for hydroxylation is 2. The van der Waals surface area contributed by atoms with E-state index in [0.29, 0.717) is 35.3 Å². The molecule has 12 heteroatoms. The Kier molecular flexibility index (Phi) is 9.24. The molecule has 3 rings (SSSR count). The lowest BCUT2D eigenvalue weighted by atomic mass is 10.1. The molecule has 0 atom stereocenters. The van der Waals surface area contributed by atoms with Crippen LogP contribution >= 0.6 is 23.1 Å². The lowest BCUT2D eigenvalue weighted by Gasteiger charge is -2.17. The number of thiophene rings is 1. The van der Waals surface area contributed by atoms with Crippen LogP contribution in [-0.4, -0.2) is 70.3 Å². The van der Waals surface area contributed by atoms with Crippen molar-refractivity contribution in [2.75, 3.05) is 37.9 Å². The first-order valence-electron chi connectivity index (χ1n) is 11.0. The Hall–Kier alpha value is -2.96. The van der Waals surface area contributed by atoms with E-state index >= 15 is 0 Å². The molecule has 0 aliphatic carbocycles. The van der Waals surface area contributed by atoms with Gasteiger partial charge in [-0.2, -0.15) is 5.10 Å². The normalized spacial score (nSPS) is 14.5. The number of thioether (sulfide) groups is 1. The van der Waals surface area contributed by atoms with Gasteiger partial charge in [0.25, 0.3) is 5.91 Å². The molecule has 3 heterocycles. The van der Waals surface area contributed by atoms with E-state index in [-0.39, 0.29) is 29.9 Å². The molecule has 2 aromatic rings. The number of carbonyl (C=O) groups excluding carboxylic acids is 3. The second kappa shape index (κ2) is 12.1. The quantitative estimate of drug-likeness (QED) is 0.291. The van der Waals surface area contributed by atoms with Crippen LogP contribution in [0.25, 0.3) is 6.08 Å². The van der Waals surface area contributed by atoms with Crippen molar-refractivity contribution in [2.24, 2.45) is 12.0 Å². The third-order valence-electron chi connectivity index (χ3n) is 5.12. The third-order valence-corrected chi connectivity index (χ3v) is 7.22. The SMILES string of the molecule is CCOC(=O)c1c(NC(=O)CSC2=NC(=Cc3cnn(C)c3)C(=O)N2CCCOC)sc(C)c1C. The summed E-state index contributed by atoms with van der Waals surface area (Å²) in [7, 11) is 3.40. The molecule has 0 saturated heterocycles. The first-order chi connectivity index (χ1) is 16.7. The highest BCUT2D eigenvalue weighted by Gasteiger charge is 2.31. The summed E-state index contributed by atoms with van der Waals surface area (Å²) in [6.45, 7) is 6.62. The molecule has 0 aromatic carbocycles. The summed E-state index contributed by atoms with van der Waals surface area (Å²) in [5, 5.41) is 7.84. The van der Waals surface area contributed by atoms with E-state index in [4.69, 9.17) is 9.47 Å². The zero-order valence-electron chi connectivity index (χ0n) is 20.4. The summed E-state index contributed by atoms with van der Waals surface area (Å²) in [5.74, 6) is -0.983. The topological polar surface area (TPSA) is 115 Å². The second-order valence-electron chi connectivity index (χ2n) is 7.72. The maximum atomic E-state index is 13.0. The Labute approximate surface area is 212 Å². The van der Waals surface area contributed by atoms with Crippen LogP contribution in [-0.2, 0) is 26.1 Å². The fraction of sp³-hybridized carbons (Fsp3) is 0.435. The minimum absolute atomic E-state index is 0.0192. The van der Waals surface area contributed by atoms with Crippen LogP contribution in [0.5, 0.6) is 0 Å². The number of esters is 1. The van der Waals surface area contributed by atoms with Crippen LogP contribution in [0, 0.1) is 13.8 Å². The Morgan fingerprint density at radius 1 is 1.31 bits per heavy atom. The molecule has 0 unspecified atom stereocenters. The molecule has 2 amide bonds. The van der Waals surface area contributed by atoms with E-state index in [1.54, 1.807) is 49.1 Å². The molecule has 1 aliphatic heterocycles. The molecule has 0 saturated carbocycles. The molecule has 0 fully saturated rings. The van der Waals surface area contributed by atoms with Crippen molar-refractivity contribution in [2.45, 2.75) is 27.2 Å². The maximum Gasteiger partial charge on any atom is 0.341 e. The predicted octanol–water partition coefficient (Wildman–Crippen LogP) is 3.22. The molecule has 0 bridgehead atoms. The summed E-state index contributed by atoms with van der Waals surface area (Å²) >= 11 is 2.50. The lowest BCUT2D eigenvalue weighted by molar-refractivity contribution is -0.122. The largest absolute Gasteiger partial charge is 0.462 e. The molecule has 10 nitrogen and oxygen atoms in total. The van der Waals surface area contributed by atoms with E-state index in [0.717, 1.165) is 16.0 Å². The van der Waals surface area contributed by atoms with E-state index < -0.39 is 5.97 Å². The predicted molar refractivity (Wildman–Crippen MR) is 138 cm³/mol. The second-order valence-corrected chi connectivity index (χ2v) is 9.89. The van der Waals surface area contributed by atoms with Crippen molar-refractivity contribution < 1.29 is 23.9 Å². The van der Waals surface area contributed by atoms with Crippen LogP contribution in [0.2, 0.25) is 0 Å². The smallest absolute Gasteiger partial charge is 0.341 e. The highest BCUT2D eigenvalue weighted by Crippen LogP contribution is 2.33. The van der Waals surface area contributed by atoms with Crippen molar-refractivity contribution in [1.29, 1.82) is 0 Å². The molecular formula is C23H29N5O5S2. The first kappa shape index (κ1) is 26.6. The van der Waals surface area contributed by atoms with Gasteiger partial charge in [0.15, 0.2) is 5.17 Å². The third kappa shape index (κ3) is 6.59. The number of amidine groups is 1. The number of carbonyl (C=O) groups is 3. The number of anilines is 1. The average Bonchev–Trinajstić information content (AvgIpc) is 3.44. The minimum Gasteiger partial charge on any atom is -0.462 e. The Morgan fingerprint density at radius 3 is 2.74 bits per heavy atom. The van der Waals surface area contributed by atoms with Gasteiger partial charge in [0, 0.05) is 43.9 Å². The molecule has 1 aliphatic rings. The van der Waals surface area contributed by atoms with Crippen LogP contribution < -0.4 is 5.32 Å². The van der Waals surface area contributed by atoms with Gasteiger partial charge in [-0.15, -0.1) is 11.3 Å². The van der Waals surface area contributed by atoms with Crippen LogP contribution in [0.1, 0.15) is 39.7 Å². The van der Waals surface area contributed by atoms with E-state index in [1.165, 1.54) is 23.1 Å². The number of methoxy groups -OCH3 is 1. The lowest BCUT2D eigenvalue weighted by Crippen LogP contribution is -2.32. The molecule has 35 heavy (non-hydrogen) atoms. The van der Waals surface area contributed by atoms with Gasteiger partial charge in [-0.1, -0.05) is 11.8 Å². The van der Waals surface area contributed by atoms with Crippen molar-refractivity contribution >= 4 is 57.1 Å². The van der Waals surface area contributed by atoms with E-state index in [2.05, 4.69) is 15.4 Å². The Bertz CT molecular complexity index is 1170. The number of nitrogens with zero attached hydrogens (tertiary/aromatic N) is 4. The van der Waals surface area contributed by atoms with Crippen LogP contribution in [0.3, 0.4) is 0 Å². The van der Waals surface area contributed by atoms with Gasteiger partial charge in [0.05, 0.1) is 24.1 Å². The molecule has 1 N–H and O–H groups in total. The highest BCUT2D eigenvalue weighted by molar-refractivity contribution is 8.14. The molecule has 188 valence electrons. The number of ether oxygens (including phenoxy) is 2. The number of hydrogen-bond acceptors (Lipinski definition) is 9. The number of nitrogens with one attached hydrogen (secondary N) is 1.